The first-order chi connectivity index (χ1) is 13.1. The van der Waals surface area contributed by atoms with Gasteiger partial charge in [0.25, 0.3) is 5.91 Å². The fourth-order valence-corrected chi connectivity index (χ4v) is 3.51. The molecule has 4 rings (SSSR count). The minimum atomic E-state index is -0.276. The molecule has 0 saturated heterocycles. The van der Waals surface area contributed by atoms with Gasteiger partial charge in [0.15, 0.2) is 5.13 Å². The van der Waals surface area contributed by atoms with Crippen LogP contribution >= 0.6 is 11.3 Å². The largest absolute Gasteiger partial charge is 0.296 e. The Kier molecular flexibility index (Phi) is 4.47. The van der Waals surface area contributed by atoms with Crippen LogP contribution in [0.1, 0.15) is 21.1 Å². The Balaban J connectivity index is 1.60. The van der Waals surface area contributed by atoms with Gasteiger partial charge in [-0.05, 0) is 38.1 Å². The average molecular weight is 376 g/mol. The van der Waals surface area contributed by atoms with Gasteiger partial charge in [-0.25, -0.2) is 9.97 Å². The van der Waals surface area contributed by atoms with E-state index in [9.17, 15) is 4.79 Å². The zero-order valence-corrected chi connectivity index (χ0v) is 15.6. The highest BCUT2D eigenvalue weighted by molar-refractivity contribution is 7.16. The van der Waals surface area contributed by atoms with Crippen molar-refractivity contribution < 1.29 is 4.79 Å². The van der Waals surface area contributed by atoms with E-state index in [1.807, 2.05) is 44.2 Å². The minimum Gasteiger partial charge on any atom is -0.296 e. The van der Waals surface area contributed by atoms with Crippen LogP contribution in [0.25, 0.3) is 17.1 Å². The van der Waals surface area contributed by atoms with Crippen LogP contribution in [0.15, 0.2) is 55.2 Å². The molecule has 0 fully saturated rings. The fraction of sp³-hybridized carbons (Fsp3) is 0.105. The van der Waals surface area contributed by atoms with Gasteiger partial charge in [0.05, 0.1) is 23.9 Å². The summed E-state index contributed by atoms with van der Waals surface area (Å²) >= 11 is 1.42. The zero-order chi connectivity index (χ0) is 18.8. The lowest BCUT2D eigenvalue weighted by Crippen LogP contribution is -2.16. The zero-order valence-electron chi connectivity index (χ0n) is 14.7. The van der Waals surface area contributed by atoms with Gasteiger partial charge in [-0.2, -0.15) is 0 Å². The average Bonchev–Trinajstić information content (AvgIpc) is 3.29. The summed E-state index contributed by atoms with van der Waals surface area (Å²) in [7, 11) is 0. The van der Waals surface area contributed by atoms with Crippen molar-refractivity contribution in [3.8, 4) is 17.1 Å². The number of anilines is 1. The number of amides is 1. The molecule has 0 saturated carbocycles. The van der Waals surface area contributed by atoms with Crippen LogP contribution in [0.4, 0.5) is 5.13 Å². The highest BCUT2D eigenvalue weighted by Gasteiger charge is 2.17. The summed E-state index contributed by atoms with van der Waals surface area (Å²) in [6, 6.07) is 9.43. The normalized spacial score (nSPS) is 10.7. The molecule has 0 atom stereocenters. The maximum atomic E-state index is 12.7. The molecule has 0 aliphatic heterocycles. The number of pyridine rings is 2. The van der Waals surface area contributed by atoms with Crippen LogP contribution < -0.4 is 5.32 Å². The number of carbonyl (C=O) groups is 1. The third-order valence-electron chi connectivity index (χ3n) is 3.96. The summed E-state index contributed by atoms with van der Waals surface area (Å²) in [5.41, 5.74) is 3.73. The molecule has 7 nitrogen and oxygen atoms in total. The van der Waals surface area contributed by atoms with Crippen LogP contribution in [0.2, 0.25) is 0 Å². The van der Waals surface area contributed by atoms with E-state index in [4.69, 9.17) is 0 Å². The number of rotatable bonds is 4. The Hall–Kier alpha value is -3.39. The van der Waals surface area contributed by atoms with E-state index in [-0.39, 0.29) is 5.91 Å². The summed E-state index contributed by atoms with van der Waals surface area (Å²) in [6.07, 6.45) is 6.46. The van der Waals surface area contributed by atoms with E-state index in [1.165, 1.54) is 17.5 Å². The van der Waals surface area contributed by atoms with Gasteiger partial charge in [-0.15, -0.1) is 11.3 Å². The van der Waals surface area contributed by atoms with E-state index in [0.717, 1.165) is 27.6 Å². The van der Waals surface area contributed by atoms with Crippen LogP contribution in [-0.2, 0) is 0 Å². The first-order valence-corrected chi connectivity index (χ1v) is 9.09. The maximum absolute atomic E-state index is 12.7. The second kappa shape index (κ2) is 7.08. The van der Waals surface area contributed by atoms with Gasteiger partial charge in [0.1, 0.15) is 11.4 Å². The van der Waals surface area contributed by atoms with Crippen LogP contribution in [-0.4, -0.2) is 30.4 Å². The molecular formula is C19H16N6OS. The molecule has 8 heteroatoms. The number of hydrogen-bond acceptors (Lipinski definition) is 6. The molecule has 0 radical (unpaired) electrons. The molecule has 1 N–H and O–H groups in total. The van der Waals surface area contributed by atoms with Crippen LogP contribution in [0, 0.1) is 13.8 Å². The molecule has 4 aromatic heterocycles. The molecule has 134 valence electrons. The monoisotopic (exact) mass is 376 g/mol. The third kappa shape index (κ3) is 3.47. The van der Waals surface area contributed by atoms with Gasteiger partial charge in [-0.3, -0.25) is 24.6 Å². The van der Waals surface area contributed by atoms with Crippen molar-refractivity contribution in [1.82, 2.24) is 24.5 Å². The Bertz CT molecular complexity index is 1100. The van der Waals surface area contributed by atoms with E-state index < -0.39 is 0 Å². The van der Waals surface area contributed by atoms with E-state index in [2.05, 4.69) is 25.3 Å². The smallest absolute Gasteiger partial charge is 0.276 e. The Morgan fingerprint density at radius 3 is 2.67 bits per heavy atom. The topological polar surface area (TPSA) is 85.6 Å². The SMILES string of the molecule is Cc1cccc(-c2nc(NC(=O)c3cncn3-c3ccncc3)sc2C)n1. The number of thiazole rings is 1. The van der Waals surface area contributed by atoms with Crippen LogP contribution in [0.3, 0.4) is 0 Å². The fourth-order valence-electron chi connectivity index (χ4n) is 2.70. The number of imidazole rings is 1. The summed E-state index contributed by atoms with van der Waals surface area (Å²) in [5, 5.41) is 3.39. The molecule has 4 heterocycles. The van der Waals surface area contributed by atoms with E-state index in [1.54, 1.807) is 23.3 Å². The molecule has 0 aliphatic carbocycles. The standard InChI is InChI=1S/C19H16N6OS/c1-12-4-3-5-15(22-12)17-13(2)27-19(23-17)24-18(26)16-10-21-11-25(16)14-6-8-20-9-7-14/h3-11H,1-2H3,(H,23,24,26). The number of nitrogens with zero attached hydrogens (tertiary/aromatic N) is 5. The number of aryl methyl sites for hydroxylation is 2. The van der Waals surface area contributed by atoms with Crippen molar-refractivity contribution in [2.24, 2.45) is 0 Å². The molecule has 4 aromatic rings. The third-order valence-corrected chi connectivity index (χ3v) is 4.85. The van der Waals surface area contributed by atoms with Gasteiger partial charge in [0, 0.05) is 23.0 Å². The molecule has 0 aliphatic rings. The molecule has 27 heavy (non-hydrogen) atoms. The predicted octanol–water partition coefficient (Wildman–Crippen LogP) is 3.65. The number of hydrogen-bond donors (Lipinski definition) is 1. The lowest BCUT2D eigenvalue weighted by molar-refractivity contribution is 0.102. The molecular weight excluding hydrogens is 360 g/mol. The summed E-state index contributed by atoms with van der Waals surface area (Å²) < 4.78 is 1.71. The Labute approximate surface area is 159 Å². The van der Waals surface area contributed by atoms with Gasteiger partial charge in [-0.1, -0.05) is 6.07 Å². The molecule has 0 aromatic carbocycles. The van der Waals surface area contributed by atoms with Crippen molar-refractivity contribution in [2.75, 3.05) is 5.32 Å². The Morgan fingerprint density at radius 1 is 1.07 bits per heavy atom. The summed E-state index contributed by atoms with van der Waals surface area (Å²) in [6.45, 7) is 3.90. The molecule has 0 bridgehead atoms. The summed E-state index contributed by atoms with van der Waals surface area (Å²) in [5.74, 6) is -0.276. The second-order valence-corrected chi connectivity index (χ2v) is 7.10. The quantitative estimate of drug-likeness (QED) is 0.587. The van der Waals surface area contributed by atoms with E-state index >= 15 is 0 Å². The molecule has 0 unspecified atom stereocenters. The van der Waals surface area contributed by atoms with Crippen molar-refractivity contribution in [2.45, 2.75) is 13.8 Å². The van der Waals surface area contributed by atoms with Gasteiger partial charge in [0.2, 0.25) is 0 Å². The lowest BCUT2D eigenvalue weighted by atomic mass is 10.2. The van der Waals surface area contributed by atoms with Crippen molar-refractivity contribution in [3.63, 3.8) is 0 Å². The van der Waals surface area contributed by atoms with Crippen LogP contribution in [0.5, 0.6) is 0 Å². The van der Waals surface area contributed by atoms with Gasteiger partial charge < -0.3 is 0 Å². The highest BCUT2D eigenvalue weighted by Crippen LogP contribution is 2.29. The number of nitrogens with one attached hydrogen (secondary N) is 1. The Morgan fingerprint density at radius 2 is 1.89 bits per heavy atom. The van der Waals surface area contributed by atoms with Crippen molar-refractivity contribution in [1.29, 1.82) is 0 Å². The minimum absolute atomic E-state index is 0.276. The van der Waals surface area contributed by atoms with Crippen molar-refractivity contribution in [3.05, 3.63) is 71.5 Å². The van der Waals surface area contributed by atoms with E-state index in [0.29, 0.717) is 10.8 Å². The predicted molar refractivity (Wildman–Crippen MR) is 104 cm³/mol. The first kappa shape index (κ1) is 17.0. The second-order valence-electron chi connectivity index (χ2n) is 5.90. The summed E-state index contributed by atoms with van der Waals surface area (Å²) in [4.78, 5) is 30.9. The first-order valence-electron chi connectivity index (χ1n) is 8.27. The molecule has 1 amide bonds. The highest BCUT2D eigenvalue weighted by atomic mass is 32.1. The van der Waals surface area contributed by atoms with Gasteiger partial charge >= 0.3 is 0 Å². The molecule has 0 spiro atoms. The maximum Gasteiger partial charge on any atom is 0.276 e. The lowest BCUT2D eigenvalue weighted by Gasteiger charge is -2.07. The number of aromatic nitrogens is 5. The number of carbonyl (C=O) groups excluding carboxylic acids is 1. The van der Waals surface area contributed by atoms with Crippen molar-refractivity contribution >= 4 is 22.4 Å².